The molecule has 1 saturated carbocycles. The van der Waals surface area contributed by atoms with Crippen molar-refractivity contribution in [2.75, 3.05) is 26.3 Å². The number of rotatable bonds is 2. The second-order valence-electron chi connectivity index (χ2n) is 5.57. The third-order valence-electron chi connectivity index (χ3n) is 4.71. The standard InChI is InChI=1S/C12H23NO2/c14-9-12(10-15)3-1-11(2-4-12)5-7-13-8-6-11/h13-15H,1-10H2. The highest BCUT2D eigenvalue weighted by Gasteiger charge is 2.42. The summed E-state index contributed by atoms with van der Waals surface area (Å²) in [7, 11) is 0. The summed E-state index contributed by atoms with van der Waals surface area (Å²) in [5.41, 5.74) is 0.356. The van der Waals surface area contributed by atoms with Crippen molar-refractivity contribution < 1.29 is 10.2 Å². The van der Waals surface area contributed by atoms with E-state index in [1.807, 2.05) is 0 Å². The molecule has 88 valence electrons. The van der Waals surface area contributed by atoms with Crippen molar-refractivity contribution in [1.82, 2.24) is 5.32 Å². The van der Waals surface area contributed by atoms with Crippen molar-refractivity contribution in [3.8, 4) is 0 Å². The Bertz CT molecular complexity index is 196. The van der Waals surface area contributed by atoms with Crippen LogP contribution in [0.5, 0.6) is 0 Å². The predicted octanol–water partition coefficient (Wildman–Crippen LogP) is 0.901. The minimum atomic E-state index is -0.171. The summed E-state index contributed by atoms with van der Waals surface area (Å²) in [6.07, 6.45) is 6.94. The maximum atomic E-state index is 9.36. The van der Waals surface area contributed by atoms with E-state index in [0.29, 0.717) is 5.41 Å². The van der Waals surface area contributed by atoms with Crippen molar-refractivity contribution in [3.05, 3.63) is 0 Å². The highest BCUT2D eigenvalue weighted by Crippen LogP contribution is 2.49. The quantitative estimate of drug-likeness (QED) is 0.639. The Morgan fingerprint density at radius 2 is 1.33 bits per heavy atom. The van der Waals surface area contributed by atoms with Crippen molar-refractivity contribution >= 4 is 0 Å². The van der Waals surface area contributed by atoms with Gasteiger partial charge in [-0.1, -0.05) is 0 Å². The van der Waals surface area contributed by atoms with Gasteiger partial charge in [0.25, 0.3) is 0 Å². The lowest BCUT2D eigenvalue weighted by molar-refractivity contribution is -0.0230. The molecule has 3 N–H and O–H groups in total. The summed E-state index contributed by atoms with van der Waals surface area (Å²) in [5.74, 6) is 0. The summed E-state index contributed by atoms with van der Waals surface area (Å²) in [4.78, 5) is 0. The van der Waals surface area contributed by atoms with Gasteiger partial charge >= 0.3 is 0 Å². The van der Waals surface area contributed by atoms with Crippen LogP contribution in [0.25, 0.3) is 0 Å². The Balaban J connectivity index is 1.95. The van der Waals surface area contributed by atoms with E-state index in [0.717, 1.165) is 25.9 Å². The van der Waals surface area contributed by atoms with E-state index in [1.165, 1.54) is 25.7 Å². The Hall–Kier alpha value is -0.120. The van der Waals surface area contributed by atoms with Crippen LogP contribution in [0.3, 0.4) is 0 Å². The zero-order valence-electron chi connectivity index (χ0n) is 9.47. The minimum absolute atomic E-state index is 0.151. The third kappa shape index (κ3) is 2.19. The molecule has 0 amide bonds. The van der Waals surface area contributed by atoms with E-state index in [-0.39, 0.29) is 18.6 Å². The molecule has 0 aromatic carbocycles. The van der Waals surface area contributed by atoms with Gasteiger partial charge in [0, 0.05) is 5.41 Å². The van der Waals surface area contributed by atoms with Gasteiger partial charge in [0.15, 0.2) is 0 Å². The number of aliphatic hydroxyl groups excluding tert-OH is 2. The third-order valence-corrected chi connectivity index (χ3v) is 4.71. The average Bonchev–Trinajstić information content (AvgIpc) is 2.32. The SMILES string of the molecule is OCC1(CO)CCC2(CCNCC2)CC1. The van der Waals surface area contributed by atoms with E-state index < -0.39 is 0 Å². The van der Waals surface area contributed by atoms with Gasteiger partial charge in [0.05, 0.1) is 13.2 Å². The van der Waals surface area contributed by atoms with Crippen molar-refractivity contribution in [2.45, 2.75) is 38.5 Å². The average molecular weight is 213 g/mol. The lowest BCUT2D eigenvalue weighted by atomic mass is 9.61. The monoisotopic (exact) mass is 213 g/mol. The first kappa shape index (κ1) is 11.4. The Kier molecular flexibility index (Phi) is 3.33. The van der Waals surface area contributed by atoms with E-state index in [9.17, 15) is 10.2 Å². The van der Waals surface area contributed by atoms with Crippen LogP contribution in [0.4, 0.5) is 0 Å². The molecule has 2 aliphatic rings. The minimum Gasteiger partial charge on any atom is -0.396 e. The van der Waals surface area contributed by atoms with Crippen LogP contribution in [0.15, 0.2) is 0 Å². The molecule has 1 aliphatic carbocycles. The van der Waals surface area contributed by atoms with E-state index >= 15 is 0 Å². The van der Waals surface area contributed by atoms with Crippen LogP contribution in [0, 0.1) is 10.8 Å². The molecule has 0 aromatic rings. The molecule has 0 aromatic heterocycles. The number of aliphatic hydroxyl groups is 2. The summed E-state index contributed by atoms with van der Waals surface area (Å²) in [5, 5.41) is 22.1. The molecule has 1 heterocycles. The smallest absolute Gasteiger partial charge is 0.0509 e. The number of hydrogen-bond donors (Lipinski definition) is 3. The normalized spacial score (nSPS) is 29.2. The molecule has 2 fully saturated rings. The molecule has 0 unspecified atom stereocenters. The first-order valence-corrected chi connectivity index (χ1v) is 6.17. The molecule has 3 heteroatoms. The molecule has 0 radical (unpaired) electrons. The van der Waals surface area contributed by atoms with Gasteiger partial charge in [-0.3, -0.25) is 0 Å². The number of piperidine rings is 1. The van der Waals surface area contributed by atoms with Crippen LogP contribution in [-0.4, -0.2) is 36.5 Å². The topological polar surface area (TPSA) is 52.5 Å². The Morgan fingerprint density at radius 1 is 0.800 bits per heavy atom. The fourth-order valence-corrected chi connectivity index (χ4v) is 3.13. The Morgan fingerprint density at radius 3 is 1.80 bits per heavy atom. The summed E-state index contributed by atoms with van der Waals surface area (Å²) < 4.78 is 0. The molecule has 1 saturated heterocycles. The van der Waals surface area contributed by atoms with Crippen LogP contribution < -0.4 is 5.32 Å². The van der Waals surface area contributed by atoms with Gasteiger partial charge in [-0.15, -0.1) is 0 Å². The van der Waals surface area contributed by atoms with E-state index in [4.69, 9.17) is 0 Å². The summed E-state index contributed by atoms with van der Waals surface area (Å²) >= 11 is 0. The molecule has 0 atom stereocenters. The first-order chi connectivity index (χ1) is 7.24. The van der Waals surface area contributed by atoms with Gasteiger partial charge in [-0.2, -0.15) is 0 Å². The molecule has 1 spiro atoms. The van der Waals surface area contributed by atoms with Crippen LogP contribution in [0.2, 0.25) is 0 Å². The predicted molar refractivity (Wildman–Crippen MR) is 59.6 cm³/mol. The van der Waals surface area contributed by atoms with E-state index in [1.54, 1.807) is 0 Å². The lowest BCUT2D eigenvalue weighted by Gasteiger charge is -2.47. The highest BCUT2D eigenvalue weighted by atomic mass is 16.3. The molecule has 1 aliphatic heterocycles. The van der Waals surface area contributed by atoms with Gasteiger partial charge in [0.1, 0.15) is 0 Å². The van der Waals surface area contributed by atoms with Gasteiger partial charge in [-0.05, 0) is 57.0 Å². The van der Waals surface area contributed by atoms with Crippen LogP contribution >= 0.6 is 0 Å². The zero-order valence-corrected chi connectivity index (χ0v) is 9.47. The van der Waals surface area contributed by atoms with Gasteiger partial charge in [0.2, 0.25) is 0 Å². The molecular formula is C12H23NO2. The molecular weight excluding hydrogens is 190 g/mol. The molecule has 2 rings (SSSR count). The number of nitrogens with one attached hydrogen (secondary N) is 1. The van der Waals surface area contributed by atoms with Crippen LogP contribution in [-0.2, 0) is 0 Å². The maximum Gasteiger partial charge on any atom is 0.0509 e. The molecule has 3 nitrogen and oxygen atoms in total. The Labute approximate surface area is 91.9 Å². The summed E-state index contributed by atoms with van der Waals surface area (Å²) in [6.45, 7) is 2.59. The van der Waals surface area contributed by atoms with E-state index in [2.05, 4.69) is 5.32 Å². The van der Waals surface area contributed by atoms with Gasteiger partial charge < -0.3 is 15.5 Å². The number of hydrogen-bond acceptors (Lipinski definition) is 3. The fourth-order valence-electron chi connectivity index (χ4n) is 3.13. The van der Waals surface area contributed by atoms with Crippen molar-refractivity contribution in [1.29, 1.82) is 0 Å². The van der Waals surface area contributed by atoms with Crippen molar-refractivity contribution in [3.63, 3.8) is 0 Å². The maximum absolute atomic E-state index is 9.36. The van der Waals surface area contributed by atoms with Crippen molar-refractivity contribution in [2.24, 2.45) is 10.8 Å². The molecule has 0 bridgehead atoms. The first-order valence-electron chi connectivity index (χ1n) is 6.17. The van der Waals surface area contributed by atoms with Gasteiger partial charge in [-0.25, -0.2) is 0 Å². The zero-order chi connectivity index (χ0) is 10.8. The second kappa shape index (κ2) is 4.40. The molecule has 15 heavy (non-hydrogen) atoms. The second-order valence-corrected chi connectivity index (χ2v) is 5.57. The van der Waals surface area contributed by atoms with Crippen LogP contribution in [0.1, 0.15) is 38.5 Å². The highest BCUT2D eigenvalue weighted by molar-refractivity contribution is 4.94. The lowest BCUT2D eigenvalue weighted by Crippen LogP contribution is -2.44. The largest absolute Gasteiger partial charge is 0.396 e. The summed E-state index contributed by atoms with van der Waals surface area (Å²) in [6, 6.07) is 0. The fraction of sp³-hybridized carbons (Fsp3) is 1.00.